The number of carbonyl (C=O) groups excluding carboxylic acids is 2. The molecule has 35 heavy (non-hydrogen) atoms. The van der Waals surface area contributed by atoms with Crippen LogP contribution in [0.2, 0.25) is 5.02 Å². The molecule has 0 aliphatic carbocycles. The first-order valence-electron chi connectivity index (χ1n) is 10.6. The number of ether oxygens (including phenoxy) is 1. The molecule has 0 saturated heterocycles. The minimum atomic E-state index is -0.259. The van der Waals surface area contributed by atoms with Crippen molar-refractivity contribution in [1.29, 1.82) is 0 Å². The fourth-order valence-corrected chi connectivity index (χ4v) is 5.00. The van der Waals surface area contributed by atoms with Crippen molar-refractivity contribution < 1.29 is 14.3 Å². The second-order valence-corrected chi connectivity index (χ2v) is 10.2. The first-order chi connectivity index (χ1) is 16.6. The zero-order valence-corrected chi connectivity index (χ0v) is 22.6. The van der Waals surface area contributed by atoms with E-state index in [0.29, 0.717) is 39.0 Å². The number of hydrogen-bond donors (Lipinski definition) is 1. The molecule has 186 valence electrons. The third-order valence-electron chi connectivity index (χ3n) is 4.86. The molecule has 0 unspecified atom stereocenters. The second-order valence-electron chi connectivity index (χ2n) is 7.93. The highest BCUT2D eigenvalue weighted by molar-refractivity contribution is 7.99. The summed E-state index contributed by atoms with van der Waals surface area (Å²) in [6.45, 7) is 10.1. The average Bonchev–Trinajstić information content (AvgIpc) is 3.36. The molecule has 1 N–H and O–H groups in total. The smallest absolute Gasteiger partial charge is 0.265 e. The van der Waals surface area contributed by atoms with Crippen molar-refractivity contribution in [3.63, 3.8) is 0 Å². The molecule has 12 heteroatoms. The first kappa shape index (κ1) is 26.7. The molecule has 1 aromatic carbocycles. The Bertz CT molecular complexity index is 1230. The number of carbonyl (C=O) groups is 2. The van der Waals surface area contributed by atoms with Crippen molar-refractivity contribution in [2.75, 3.05) is 25.2 Å². The normalized spacial score (nSPS) is 10.8. The molecule has 0 fully saturated rings. The van der Waals surface area contributed by atoms with E-state index in [1.165, 1.54) is 16.7 Å². The summed E-state index contributed by atoms with van der Waals surface area (Å²) in [4.78, 5) is 31.0. The quantitative estimate of drug-likeness (QED) is 0.301. The molecule has 0 atom stereocenters. The van der Waals surface area contributed by atoms with Crippen molar-refractivity contribution in [3.8, 4) is 5.75 Å². The molecule has 0 spiro atoms. The van der Waals surface area contributed by atoms with E-state index in [2.05, 4.69) is 27.1 Å². The summed E-state index contributed by atoms with van der Waals surface area (Å²) < 4.78 is 7.77. The van der Waals surface area contributed by atoms with E-state index in [9.17, 15) is 9.59 Å². The van der Waals surface area contributed by atoms with Crippen molar-refractivity contribution in [2.24, 2.45) is 0 Å². The van der Waals surface area contributed by atoms with Crippen LogP contribution in [0.15, 0.2) is 29.9 Å². The Hall–Kier alpha value is -2.89. The molecule has 0 radical (unpaired) electrons. The third-order valence-corrected chi connectivity index (χ3v) is 7.48. The monoisotopic (exact) mass is 534 g/mol. The molecule has 2 heterocycles. The number of rotatable bonds is 10. The van der Waals surface area contributed by atoms with Crippen LogP contribution in [0.3, 0.4) is 0 Å². The number of allylic oxidation sites excluding steroid dienone is 1. The van der Waals surface area contributed by atoms with Crippen molar-refractivity contribution in [3.05, 3.63) is 57.3 Å². The van der Waals surface area contributed by atoms with Gasteiger partial charge < -0.3 is 15.0 Å². The van der Waals surface area contributed by atoms with Gasteiger partial charge in [-0.25, -0.2) is 4.98 Å². The zero-order chi connectivity index (χ0) is 25.7. The van der Waals surface area contributed by atoms with Gasteiger partial charge >= 0.3 is 0 Å². The van der Waals surface area contributed by atoms with E-state index >= 15 is 0 Å². The highest BCUT2D eigenvalue weighted by Crippen LogP contribution is 2.27. The molecule has 0 saturated carbocycles. The molecular weight excluding hydrogens is 508 g/mol. The number of amides is 2. The Labute approximate surface area is 217 Å². The Kier molecular flexibility index (Phi) is 8.92. The number of aromatic nitrogens is 4. The number of thiazole rings is 1. The first-order valence-corrected chi connectivity index (χ1v) is 12.8. The van der Waals surface area contributed by atoms with Crippen LogP contribution in [0.4, 0.5) is 5.13 Å². The highest BCUT2D eigenvalue weighted by atomic mass is 35.5. The van der Waals surface area contributed by atoms with Crippen LogP contribution >= 0.6 is 34.7 Å². The van der Waals surface area contributed by atoms with Gasteiger partial charge in [-0.2, -0.15) is 0 Å². The number of nitrogens with one attached hydrogen (secondary N) is 1. The van der Waals surface area contributed by atoms with Crippen LogP contribution in [-0.2, 0) is 17.9 Å². The number of hydrogen-bond acceptors (Lipinski definition) is 8. The van der Waals surface area contributed by atoms with E-state index in [-0.39, 0.29) is 24.2 Å². The predicted molar refractivity (Wildman–Crippen MR) is 140 cm³/mol. The number of aryl methyl sites for hydroxylation is 3. The standard InChI is InChI=1S/C23H27ClN6O3S2/c1-7-8-30-17(11-33-16-9-13(2)19(24)14(3)10-16)27-28-23(30)34-12-18(31)26-22-25-15(4)20(35-22)21(32)29(5)6/h7,9-10H,1,8,11-12H2,2-6H3,(H,25,26,31). The minimum absolute atomic E-state index is 0.0985. The lowest BCUT2D eigenvalue weighted by Crippen LogP contribution is -2.21. The number of nitrogens with zero attached hydrogens (tertiary/aromatic N) is 5. The Morgan fingerprint density at radius 1 is 1.26 bits per heavy atom. The van der Waals surface area contributed by atoms with Crippen LogP contribution in [0.1, 0.15) is 32.3 Å². The molecule has 2 aromatic heterocycles. The fourth-order valence-electron chi connectivity index (χ4n) is 3.12. The molecule has 0 bridgehead atoms. The van der Waals surface area contributed by atoms with Crippen LogP contribution in [0.5, 0.6) is 5.75 Å². The molecule has 0 aliphatic rings. The van der Waals surface area contributed by atoms with E-state index in [0.717, 1.165) is 27.5 Å². The topological polar surface area (TPSA) is 102 Å². The van der Waals surface area contributed by atoms with Crippen LogP contribution < -0.4 is 10.1 Å². The van der Waals surface area contributed by atoms with Crippen LogP contribution in [-0.4, -0.2) is 56.3 Å². The fraction of sp³-hybridized carbons (Fsp3) is 0.348. The number of benzene rings is 1. The van der Waals surface area contributed by atoms with Gasteiger partial charge in [0.15, 0.2) is 16.1 Å². The summed E-state index contributed by atoms with van der Waals surface area (Å²) in [5.41, 5.74) is 2.45. The predicted octanol–water partition coefficient (Wildman–Crippen LogP) is 4.51. The van der Waals surface area contributed by atoms with Gasteiger partial charge in [0.1, 0.15) is 17.2 Å². The SMILES string of the molecule is C=CCn1c(COc2cc(C)c(Cl)c(C)c2)nnc1SCC(=O)Nc1nc(C)c(C(=O)N(C)C)s1. The van der Waals surface area contributed by atoms with Gasteiger partial charge in [-0.15, -0.1) is 16.8 Å². The highest BCUT2D eigenvalue weighted by Gasteiger charge is 2.19. The number of halogens is 1. The molecule has 9 nitrogen and oxygen atoms in total. The largest absolute Gasteiger partial charge is 0.486 e. The van der Waals surface area contributed by atoms with Gasteiger partial charge in [0.2, 0.25) is 5.91 Å². The van der Waals surface area contributed by atoms with E-state index < -0.39 is 0 Å². The molecule has 0 aliphatic heterocycles. The van der Waals surface area contributed by atoms with Gasteiger partial charge in [0.05, 0.1) is 11.4 Å². The van der Waals surface area contributed by atoms with Gasteiger partial charge in [0.25, 0.3) is 5.91 Å². The summed E-state index contributed by atoms with van der Waals surface area (Å²) in [5.74, 6) is 0.996. The lowest BCUT2D eigenvalue weighted by molar-refractivity contribution is -0.113. The lowest BCUT2D eigenvalue weighted by Gasteiger charge is -2.11. The lowest BCUT2D eigenvalue weighted by atomic mass is 10.1. The second kappa shape index (κ2) is 11.7. The minimum Gasteiger partial charge on any atom is -0.486 e. The summed E-state index contributed by atoms with van der Waals surface area (Å²) in [6.07, 6.45) is 1.73. The molecule has 3 rings (SSSR count). The Morgan fingerprint density at radius 2 is 1.94 bits per heavy atom. The zero-order valence-electron chi connectivity index (χ0n) is 20.2. The maximum Gasteiger partial charge on any atom is 0.265 e. The third kappa shape index (κ3) is 6.62. The van der Waals surface area contributed by atoms with Gasteiger partial charge in [-0.05, 0) is 44.0 Å². The van der Waals surface area contributed by atoms with Gasteiger partial charge in [-0.3, -0.25) is 14.2 Å². The number of thioether (sulfide) groups is 1. The maximum atomic E-state index is 12.5. The summed E-state index contributed by atoms with van der Waals surface area (Å²) in [7, 11) is 3.35. The van der Waals surface area contributed by atoms with Gasteiger partial charge in [-0.1, -0.05) is 40.8 Å². The Morgan fingerprint density at radius 3 is 2.57 bits per heavy atom. The van der Waals surface area contributed by atoms with E-state index in [4.69, 9.17) is 16.3 Å². The van der Waals surface area contributed by atoms with Crippen LogP contribution in [0.25, 0.3) is 0 Å². The number of anilines is 1. The van der Waals surface area contributed by atoms with Crippen LogP contribution in [0, 0.1) is 20.8 Å². The Balaban J connectivity index is 1.63. The maximum absolute atomic E-state index is 12.5. The summed E-state index contributed by atoms with van der Waals surface area (Å²) in [6, 6.07) is 3.75. The summed E-state index contributed by atoms with van der Waals surface area (Å²) >= 11 is 8.63. The van der Waals surface area contributed by atoms with Crippen molar-refractivity contribution >= 4 is 51.6 Å². The van der Waals surface area contributed by atoms with E-state index in [1.807, 2.05) is 30.5 Å². The summed E-state index contributed by atoms with van der Waals surface area (Å²) in [5, 5.41) is 12.9. The molecule has 2 amide bonds. The van der Waals surface area contributed by atoms with E-state index in [1.54, 1.807) is 27.1 Å². The average molecular weight is 535 g/mol. The molecular formula is C23H27ClN6O3S2. The van der Waals surface area contributed by atoms with Crippen molar-refractivity contribution in [2.45, 2.75) is 39.1 Å². The van der Waals surface area contributed by atoms with Gasteiger partial charge in [0, 0.05) is 25.7 Å². The van der Waals surface area contributed by atoms with Crippen molar-refractivity contribution in [1.82, 2.24) is 24.6 Å². The molecule has 3 aromatic rings.